The molecule has 0 saturated heterocycles. The topological polar surface area (TPSA) is 172 Å². The molecule has 9 aromatic carbocycles. The Hall–Kier alpha value is -4.38. The van der Waals surface area contributed by atoms with Crippen molar-refractivity contribution in [2.75, 3.05) is 0 Å². The average Bonchev–Trinajstić information content (AvgIpc) is 3.36. The van der Waals surface area contributed by atoms with Crippen LogP contribution in [0.4, 0.5) is 0 Å². The Morgan fingerprint density at radius 1 is 0.239 bits per heavy atom. The number of hydrogen-bond acceptors (Lipinski definition) is 9. The molecule has 17 heteroatoms. The van der Waals surface area contributed by atoms with Crippen molar-refractivity contribution in [1.29, 1.82) is 0 Å². The molecule has 0 amide bonds. The fourth-order valence-electron chi connectivity index (χ4n) is 7.14. The van der Waals surface area contributed by atoms with E-state index >= 15 is 0 Å². The molecule has 0 saturated carbocycles. The molecule has 9 nitrogen and oxygen atoms in total. The van der Waals surface area contributed by atoms with Crippen LogP contribution in [0.25, 0.3) is 0 Å². The summed E-state index contributed by atoms with van der Waals surface area (Å²) in [6.07, 6.45) is 0. The molecule has 0 bridgehead atoms. The summed E-state index contributed by atoms with van der Waals surface area (Å²) in [5.41, 5.74) is 0. The first-order valence-corrected chi connectivity index (χ1v) is 29.3. The van der Waals surface area contributed by atoms with E-state index in [4.69, 9.17) is 0 Å². The van der Waals surface area contributed by atoms with Gasteiger partial charge in [0.2, 0.25) is 0 Å². The SMILES string of the molecule is O=S(=O)([O-])c1cccc(P(c2ccccc2)c2ccccc2)c1.O=S(=O)([O-])c1cccc(P(c2ccccc2)c2ccccc2)c1.O=S(=O)([O-])c1cccc(P(c2ccccc2)c2ccccc2)c1.[NaH].[Rh+3]. The smallest absolute Gasteiger partial charge is 3.00 e. The van der Waals surface area contributed by atoms with Crippen molar-refractivity contribution in [1.82, 2.24) is 0 Å². The molecule has 0 radical (unpaired) electrons. The fraction of sp³-hybridized carbons (Fsp3) is 0. The Morgan fingerprint density at radius 2 is 0.394 bits per heavy atom. The van der Waals surface area contributed by atoms with E-state index in [1.807, 2.05) is 200 Å². The zero-order valence-corrected chi connectivity index (χ0v) is 43.6. The summed E-state index contributed by atoms with van der Waals surface area (Å²) in [5, 5.41) is 9.16. The predicted octanol–water partition coefficient (Wildman–Crippen LogP) is 6.40. The maximum absolute atomic E-state index is 11.3. The molecule has 0 fully saturated rings. The van der Waals surface area contributed by atoms with Crippen LogP contribution in [0.2, 0.25) is 0 Å². The molecular formula is C54H43NaO9P3RhS3. The van der Waals surface area contributed by atoms with E-state index < -0.39 is 54.1 Å². The molecule has 9 aromatic rings. The first kappa shape index (κ1) is 57.5. The first-order chi connectivity index (χ1) is 33.2. The second-order valence-electron chi connectivity index (χ2n) is 14.9. The van der Waals surface area contributed by atoms with E-state index in [-0.39, 0.29) is 63.7 Å². The molecule has 0 aliphatic rings. The van der Waals surface area contributed by atoms with Crippen molar-refractivity contribution in [3.8, 4) is 0 Å². The molecule has 356 valence electrons. The Morgan fingerprint density at radius 3 is 0.549 bits per heavy atom. The molecule has 0 N–H and O–H groups in total. The summed E-state index contributed by atoms with van der Waals surface area (Å²) in [6.45, 7) is 0. The quantitative estimate of drug-likeness (QED) is 0.0764. The van der Waals surface area contributed by atoms with Crippen molar-refractivity contribution in [2.45, 2.75) is 14.7 Å². The van der Waals surface area contributed by atoms with Crippen molar-refractivity contribution in [2.24, 2.45) is 0 Å². The Bertz CT molecular complexity index is 2950. The van der Waals surface area contributed by atoms with Gasteiger partial charge in [0.1, 0.15) is 30.4 Å². The van der Waals surface area contributed by atoms with Gasteiger partial charge in [-0.2, -0.15) is 0 Å². The van der Waals surface area contributed by atoms with Crippen LogP contribution < -0.4 is 47.7 Å². The van der Waals surface area contributed by atoms with E-state index in [1.165, 1.54) is 36.4 Å². The third kappa shape index (κ3) is 16.3. The summed E-state index contributed by atoms with van der Waals surface area (Å²) in [5.74, 6) is 0. The van der Waals surface area contributed by atoms with Gasteiger partial charge < -0.3 is 13.7 Å². The van der Waals surface area contributed by atoms with E-state index in [2.05, 4.69) is 0 Å². The zero-order valence-electron chi connectivity index (χ0n) is 36.8. The average molecular weight is 1150 g/mol. The second kappa shape index (κ2) is 27.1. The maximum atomic E-state index is 11.3. The molecule has 0 heterocycles. The largest absolute Gasteiger partial charge is 3.00 e. The molecule has 0 aromatic heterocycles. The van der Waals surface area contributed by atoms with Gasteiger partial charge in [-0.05, 0) is 108 Å². The third-order valence-electron chi connectivity index (χ3n) is 10.2. The van der Waals surface area contributed by atoms with Gasteiger partial charge in [0, 0.05) is 0 Å². The van der Waals surface area contributed by atoms with E-state index in [9.17, 15) is 38.9 Å². The van der Waals surface area contributed by atoms with Crippen LogP contribution in [-0.2, 0) is 49.8 Å². The van der Waals surface area contributed by atoms with Gasteiger partial charge in [-0.25, -0.2) is 25.3 Å². The number of hydrogen-bond donors (Lipinski definition) is 0. The Kier molecular flexibility index (Phi) is 21.9. The van der Waals surface area contributed by atoms with Gasteiger partial charge in [0.15, 0.2) is 0 Å². The molecule has 0 unspecified atom stereocenters. The van der Waals surface area contributed by atoms with Crippen LogP contribution in [0, 0.1) is 0 Å². The van der Waals surface area contributed by atoms with E-state index in [1.54, 1.807) is 18.2 Å². The minimum atomic E-state index is -4.46. The standard InChI is InChI=1S/3C18H15O3PS.Na.Rh.H/c3*19-23(20,21)18-13-7-12-17(14-18)22(15-8-3-1-4-9-15)16-10-5-2-6-11-16;;;/h3*1-14H,(H,19,20,21);;;/q;;;;+3;/p-3. The van der Waals surface area contributed by atoms with Crippen molar-refractivity contribution >= 4 is 131 Å². The van der Waals surface area contributed by atoms with Crippen LogP contribution in [0.1, 0.15) is 0 Å². The van der Waals surface area contributed by atoms with E-state index in [0.29, 0.717) is 0 Å². The second-order valence-corrected chi connectivity index (χ2v) is 25.7. The summed E-state index contributed by atoms with van der Waals surface area (Å²) in [7, 11) is -16.1. The molecule has 71 heavy (non-hydrogen) atoms. The summed E-state index contributed by atoms with van der Waals surface area (Å²) >= 11 is 0. The van der Waals surface area contributed by atoms with Crippen molar-refractivity contribution in [3.05, 3.63) is 255 Å². The van der Waals surface area contributed by atoms with Crippen LogP contribution in [-0.4, -0.2) is 68.5 Å². The van der Waals surface area contributed by atoms with Crippen LogP contribution in [0.15, 0.2) is 269 Å². The van der Waals surface area contributed by atoms with Crippen molar-refractivity contribution < 1.29 is 58.4 Å². The Labute approximate surface area is 455 Å². The Balaban J connectivity index is 0.000000195. The minimum Gasteiger partial charge on any atom is 3.00 e. The third-order valence-corrected chi connectivity index (χ3v) is 19.9. The molecule has 0 atom stereocenters. The number of rotatable bonds is 12. The van der Waals surface area contributed by atoms with Crippen LogP contribution in [0.5, 0.6) is 0 Å². The summed E-state index contributed by atoms with van der Waals surface area (Å²) < 4.78 is 102. The van der Waals surface area contributed by atoms with Crippen LogP contribution >= 0.6 is 23.8 Å². The molecular weight excluding hydrogens is 1110 g/mol. The minimum absolute atomic E-state index is 0. The summed E-state index contributed by atoms with van der Waals surface area (Å²) in [6, 6.07) is 78.5. The number of benzene rings is 9. The van der Waals surface area contributed by atoms with Crippen molar-refractivity contribution in [3.63, 3.8) is 0 Å². The van der Waals surface area contributed by atoms with Gasteiger partial charge in [-0.1, -0.05) is 218 Å². The van der Waals surface area contributed by atoms with E-state index in [0.717, 1.165) is 47.7 Å². The predicted molar refractivity (Wildman–Crippen MR) is 286 cm³/mol. The summed E-state index contributed by atoms with van der Waals surface area (Å²) in [4.78, 5) is -0.557. The van der Waals surface area contributed by atoms with Gasteiger partial charge in [0.05, 0.1) is 14.7 Å². The maximum Gasteiger partial charge on any atom is 3.00 e. The van der Waals surface area contributed by atoms with Gasteiger partial charge in [0.25, 0.3) is 0 Å². The molecule has 9 rings (SSSR count). The molecule has 0 aliphatic heterocycles. The zero-order chi connectivity index (χ0) is 48.9. The normalized spacial score (nSPS) is 11.2. The van der Waals surface area contributed by atoms with Crippen LogP contribution in [0.3, 0.4) is 0 Å². The first-order valence-electron chi connectivity index (χ1n) is 21.1. The van der Waals surface area contributed by atoms with Gasteiger partial charge >= 0.3 is 49.0 Å². The van der Waals surface area contributed by atoms with Gasteiger partial charge in [-0.3, -0.25) is 0 Å². The molecule has 0 spiro atoms. The fourth-order valence-corrected chi connectivity index (χ4v) is 16.0. The van der Waals surface area contributed by atoms with Gasteiger partial charge in [-0.15, -0.1) is 0 Å². The monoisotopic (exact) mass is 1150 g/mol. The molecule has 0 aliphatic carbocycles.